The van der Waals surface area contributed by atoms with E-state index in [4.69, 9.17) is 0 Å². The highest BCUT2D eigenvalue weighted by Gasteiger charge is 2.41. The van der Waals surface area contributed by atoms with Gasteiger partial charge in [-0.3, -0.25) is 4.90 Å². The van der Waals surface area contributed by atoms with Gasteiger partial charge in [-0.2, -0.15) is 0 Å². The molecule has 0 amide bonds. The summed E-state index contributed by atoms with van der Waals surface area (Å²) >= 11 is 0. The predicted molar refractivity (Wildman–Crippen MR) is 81.4 cm³/mol. The van der Waals surface area contributed by atoms with Crippen LogP contribution in [-0.2, 0) is 0 Å². The first kappa shape index (κ1) is 13.9. The average Bonchev–Trinajstić information content (AvgIpc) is 2.82. The second-order valence-electron chi connectivity index (χ2n) is 7.99. The molecule has 1 aliphatic heterocycles. The Kier molecular flexibility index (Phi) is 3.92. The van der Waals surface area contributed by atoms with Crippen molar-refractivity contribution in [3.63, 3.8) is 0 Å². The van der Waals surface area contributed by atoms with Gasteiger partial charge in [0.25, 0.3) is 0 Å². The first-order valence-corrected chi connectivity index (χ1v) is 8.60. The van der Waals surface area contributed by atoms with Crippen LogP contribution in [0.1, 0.15) is 71.6 Å². The molecule has 2 nitrogen and oxygen atoms in total. The van der Waals surface area contributed by atoms with Crippen LogP contribution in [0.4, 0.5) is 0 Å². The molecule has 1 saturated heterocycles. The molecule has 0 radical (unpaired) electrons. The van der Waals surface area contributed by atoms with Crippen molar-refractivity contribution in [2.24, 2.45) is 5.41 Å². The number of rotatable bonds is 2. The maximum Gasteiger partial charge on any atom is 0.0309 e. The minimum Gasteiger partial charge on any atom is -0.308 e. The molecule has 2 saturated carbocycles. The lowest BCUT2D eigenvalue weighted by Gasteiger charge is -2.50. The third-order valence-corrected chi connectivity index (χ3v) is 6.11. The Bertz CT molecular complexity index is 300. The Labute approximate surface area is 119 Å². The van der Waals surface area contributed by atoms with Crippen molar-refractivity contribution in [2.75, 3.05) is 19.6 Å². The third-order valence-electron chi connectivity index (χ3n) is 6.11. The van der Waals surface area contributed by atoms with E-state index in [0.717, 1.165) is 6.04 Å². The monoisotopic (exact) mass is 264 g/mol. The Hall–Kier alpha value is -0.0800. The summed E-state index contributed by atoms with van der Waals surface area (Å²) in [6, 6.07) is 0.727. The minimum absolute atomic E-state index is 0.472. The molecule has 0 aromatic rings. The molecule has 0 aromatic carbocycles. The number of piperazine rings is 1. The van der Waals surface area contributed by atoms with Gasteiger partial charge < -0.3 is 5.32 Å². The van der Waals surface area contributed by atoms with Crippen LogP contribution in [0.25, 0.3) is 0 Å². The van der Waals surface area contributed by atoms with Crippen LogP contribution in [0.3, 0.4) is 0 Å². The van der Waals surface area contributed by atoms with Crippen LogP contribution in [0.5, 0.6) is 0 Å². The van der Waals surface area contributed by atoms with Gasteiger partial charge in [0.15, 0.2) is 0 Å². The van der Waals surface area contributed by atoms with E-state index in [1.807, 2.05) is 0 Å². The smallest absolute Gasteiger partial charge is 0.0309 e. The zero-order chi connectivity index (χ0) is 13.3. The fourth-order valence-electron chi connectivity index (χ4n) is 4.75. The molecule has 2 heteroatoms. The van der Waals surface area contributed by atoms with E-state index in [0.29, 0.717) is 11.0 Å². The maximum atomic E-state index is 3.91. The van der Waals surface area contributed by atoms with Gasteiger partial charge in [-0.15, -0.1) is 0 Å². The standard InChI is InChI=1S/C17H32N2/c1-15-12-18-17(10-4-3-5-11-17)14-19(15)13-16(2)8-6-7-9-16/h15,18H,3-14H2,1-2H3. The first-order valence-electron chi connectivity index (χ1n) is 8.60. The number of hydrogen-bond donors (Lipinski definition) is 1. The van der Waals surface area contributed by atoms with Gasteiger partial charge in [0, 0.05) is 31.2 Å². The van der Waals surface area contributed by atoms with E-state index in [1.54, 1.807) is 0 Å². The molecule has 0 bridgehead atoms. The van der Waals surface area contributed by atoms with Crippen molar-refractivity contribution in [3.05, 3.63) is 0 Å². The van der Waals surface area contributed by atoms with Gasteiger partial charge in [-0.25, -0.2) is 0 Å². The highest BCUT2D eigenvalue weighted by atomic mass is 15.3. The molecule has 0 aromatic heterocycles. The molecule has 3 rings (SSSR count). The fraction of sp³-hybridized carbons (Fsp3) is 1.00. The highest BCUT2D eigenvalue weighted by molar-refractivity contribution is 5.00. The second kappa shape index (κ2) is 5.37. The summed E-state index contributed by atoms with van der Waals surface area (Å²) in [6.07, 6.45) is 13.0. The van der Waals surface area contributed by atoms with Crippen LogP contribution in [0, 0.1) is 5.41 Å². The summed E-state index contributed by atoms with van der Waals surface area (Å²) < 4.78 is 0. The molecule has 19 heavy (non-hydrogen) atoms. The molecular weight excluding hydrogens is 232 g/mol. The van der Waals surface area contributed by atoms with Crippen molar-refractivity contribution in [1.29, 1.82) is 0 Å². The Morgan fingerprint density at radius 1 is 1.00 bits per heavy atom. The van der Waals surface area contributed by atoms with Gasteiger partial charge in [0.1, 0.15) is 0 Å². The summed E-state index contributed by atoms with van der Waals surface area (Å²) in [4.78, 5) is 2.83. The SMILES string of the molecule is CC1CNC2(CCCCC2)CN1CC1(C)CCCC1. The normalized spacial score (nSPS) is 34.7. The Morgan fingerprint density at radius 3 is 2.32 bits per heavy atom. The van der Waals surface area contributed by atoms with Crippen LogP contribution in [0.15, 0.2) is 0 Å². The number of hydrogen-bond acceptors (Lipinski definition) is 2. The largest absolute Gasteiger partial charge is 0.308 e. The average molecular weight is 264 g/mol. The van der Waals surface area contributed by atoms with Crippen molar-refractivity contribution < 1.29 is 0 Å². The predicted octanol–water partition coefficient (Wildman–Crippen LogP) is 3.56. The van der Waals surface area contributed by atoms with Gasteiger partial charge in [-0.05, 0) is 38.0 Å². The molecule has 1 atom stereocenters. The van der Waals surface area contributed by atoms with Crippen molar-refractivity contribution in [3.8, 4) is 0 Å². The topological polar surface area (TPSA) is 15.3 Å². The summed E-state index contributed by atoms with van der Waals surface area (Å²) in [5, 5.41) is 3.91. The molecule has 1 heterocycles. The first-order chi connectivity index (χ1) is 9.11. The molecule has 2 aliphatic carbocycles. The van der Waals surface area contributed by atoms with E-state index < -0.39 is 0 Å². The van der Waals surface area contributed by atoms with Gasteiger partial charge in [0.05, 0.1) is 0 Å². The molecule has 1 N–H and O–H groups in total. The summed E-state index contributed by atoms with van der Waals surface area (Å²) in [6.45, 7) is 8.81. The highest BCUT2D eigenvalue weighted by Crippen LogP contribution is 2.40. The summed E-state index contributed by atoms with van der Waals surface area (Å²) in [5.74, 6) is 0. The van der Waals surface area contributed by atoms with Crippen LogP contribution in [-0.4, -0.2) is 36.1 Å². The molecule has 3 fully saturated rings. The molecule has 3 aliphatic rings. The lowest BCUT2D eigenvalue weighted by molar-refractivity contribution is 0.0337. The van der Waals surface area contributed by atoms with E-state index >= 15 is 0 Å². The van der Waals surface area contributed by atoms with Crippen molar-refractivity contribution in [1.82, 2.24) is 10.2 Å². The molecule has 1 unspecified atom stereocenters. The van der Waals surface area contributed by atoms with Gasteiger partial charge in [-0.1, -0.05) is 39.0 Å². The van der Waals surface area contributed by atoms with Gasteiger partial charge >= 0.3 is 0 Å². The van der Waals surface area contributed by atoms with Crippen LogP contribution >= 0.6 is 0 Å². The molecule has 110 valence electrons. The van der Waals surface area contributed by atoms with Gasteiger partial charge in [0.2, 0.25) is 0 Å². The zero-order valence-corrected chi connectivity index (χ0v) is 13.0. The Balaban J connectivity index is 1.65. The zero-order valence-electron chi connectivity index (χ0n) is 13.0. The second-order valence-corrected chi connectivity index (χ2v) is 7.99. The minimum atomic E-state index is 0.472. The third kappa shape index (κ3) is 3.00. The van der Waals surface area contributed by atoms with Crippen molar-refractivity contribution >= 4 is 0 Å². The fourth-order valence-corrected chi connectivity index (χ4v) is 4.75. The number of nitrogens with zero attached hydrogens (tertiary/aromatic N) is 1. The van der Waals surface area contributed by atoms with E-state index in [9.17, 15) is 0 Å². The summed E-state index contributed by atoms with van der Waals surface area (Å²) in [5.41, 5.74) is 1.08. The van der Waals surface area contributed by atoms with E-state index in [2.05, 4.69) is 24.1 Å². The maximum absolute atomic E-state index is 3.91. The van der Waals surface area contributed by atoms with Crippen LogP contribution < -0.4 is 5.32 Å². The lowest BCUT2D eigenvalue weighted by Crippen LogP contribution is -2.65. The summed E-state index contributed by atoms with van der Waals surface area (Å²) in [7, 11) is 0. The van der Waals surface area contributed by atoms with Crippen LogP contribution in [0.2, 0.25) is 0 Å². The molecular formula is C17H32N2. The molecule has 1 spiro atoms. The van der Waals surface area contributed by atoms with Crippen molar-refractivity contribution in [2.45, 2.75) is 83.2 Å². The van der Waals surface area contributed by atoms with E-state index in [1.165, 1.54) is 77.4 Å². The quantitative estimate of drug-likeness (QED) is 0.820. The number of nitrogens with one attached hydrogen (secondary N) is 1. The van der Waals surface area contributed by atoms with E-state index in [-0.39, 0.29) is 0 Å². The Morgan fingerprint density at radius 2 is 1.63 bits per heavy atom. The lowest BCUT2D eigenvalue weighted by atomic mass is 9.78.